The van der Waals surface area contributed by atoms with Crippen molar-refractivity contribution < 1.29 is 14.6 Å². The van der Waals surface area contributed by atoms with Crippen LogP contribution in [-0.2, 0) is 9.53 Å². The van der Waals surface area contributed by atoms with Crippen molar-refractivity contribution in [3.05, 3.63) is 24.3 Å². The molecule has 1 aliphatic rings. The standard InChI is InChI=1S/C7H10N2O.C6H12O2/c1-6(7(8)10)4-3-5-9-2;1-5-2-3-6(4-7)8-5/h3-5H,1H2,2H3,(H2,8,10);5-7H,2-4H2,1H3/b4-3-,9-5?;. The number of hydrogen-bond donors (Lipinski definition) is 2. The number of amides is 1. The fraction of sp³-hybridized carbons (Fsp3) is 0.538. The molecule has 0 aromatic carbocycles. The molecule has 5 heteroatoms. The van der Waals surface area contributed by atoms with Gasteiger partial charge in [-0.15, -0.1) is 0 Å². The van der Waals surface area contributed by atoms with Gasteiger partial charge >= 0.3 is 0 Å². The molecule has 1 fully saturated rings. The zero-order chi connectivity index (χ0) is 14.0. The number of allylic oxidation sites excluding steroid dienone is 1. The molecular formula is C13H22N2O3. The lowest BCUT2D eigenvalue weighted by molar-refractivity contribution is -0.114. The summed E-state index contributed by atoms with van der Waals surface area (Å²) in [6.45, 7) is 5.63. The van der Waals surface area contributed by atoms with Gasteiger partial charge in [0.1, 0.15) is 0 Å². The Morgan fingerprint density at radius 2 is 2.28 bits per heavy atom. The first-order chi connectivity index (χ1) is 8.51. The Hall–Kier alpha value is -1.46. The SMILES string of the molecule is C=C(/C=C\C=NC)C(N)=O.CC1CCC(CO)O1. The molecule has 0 aromatic heterocycles. The highest BCUT2D eigenvalue weighted by molar-refractivity contribution is 5.95. The van der Waals surface area contributed by atoms with E-state index in [2.05, 4.69) is 11.6 Å². The van der Waals surface area contributed by atoms with Gasteiger partial charge in [0, 0.05) is 18.8 Å². The minimum absolute atomic E-state index is 0.130. The van der Waals surface area contributed by atoms with E-state index in [4.69, 9.17) is 15.6 Å². The fourth-order valence-electron chi connectivity index (χ4n) is 1.35. The Morgan fingerprint density at radius 3 is 2.61 bits per heavy atom. The summed E-state index contributed by atoms with van der Waals surface area (Å²) in [6, 6.07) is 0. The molecule has 18 heavy (non-hydrogen) atoms. The molecule has 0 aromatic rings. The molecule has 1 amide bonds. The van der Waals surface area contributed by atoms with E-state index in [1.165, 1.54) is 6.08 Å². The normalized spacial score (nSPS) is 23.1. The Morgan fingerprint density at radius 1 is 1.61 bits per heavy atom. The number of carbonyl (C=O) groups is 1. The van der Waals surface area contributed by atoms with Crippen molar-refractivity contribution in [3.63, 3.8) is 0 Å². The van der Waals surface area contributed by atoms with Crippen molar-refractivity contribution in [1.82, 2.24) is 0 Å². The number of rotatable bonds is 4. The smallest absolute Gasteiger partial charge is 0.248 e. The minimum Gasteiger partial charge on any atom is -0.394 e. The highest BCUT2D eigenvalue weighted by Crippen LogP contribution is 2.17. The molecule has 0 radical (unpaired) electrons. The van der Waals surface area contributed by atoms with Gasteiger partial charge < -0.3 is 15.6 Å². The summed E-state index contributed by atoms with van der Waals surface area (Å²) in [5, 5.41) is 8.56. The van der Waals surface area contributed by atoms with Gasteiger partial charge in [0.15, 0.2) is 0 Å². The van der Waals surface area contributed by atoms with Gasteiger partial charge in [-0.05, 0) is 31.9 Å². The molecule has 102 valence electrons. The zero-order valence-electron chi connectivity index (χ0n) is 11.0. The molecule has 2 atom stereocenters. The molecule has 0 saturated carbocycles. The van der Waals surface area contributed by atoms with Crippen molar-refractivity contribution >= 4 is 12.1 Å². The molecule has 0 bridgehead atoms. The second-order valence-electron chi connectivity index (χ2n) is 3.98. The van der Waals surface area contributed by atoms with Gasteiger partial charge in [0.2, 0.25) is 5.91 Å². The number of ether oxygens (including phenoxy) is 1. The van der Waals surface area contributed by atoms with Gasteiger partial charge in [-0.2, -0.15) is 0 Å². The average Bonchev–Trinajstić information content (AvgIpc) is 2.76. The number of nitrogens with zero attached hydrogens (tertiary/aromatic N) is 1. The number of primary amides is 1. The molecule has 3 N–H and O–H groups in total. The first-order valence-electron chi connectivity index (χ1n) is 5.85. The molecule has 1 saturated heterocycles. The topological polar surface area (TPSA) is 84.9 Å². The van der Waals surface area contributed by atoms with E-state index in [0.717, 1.165) is 12.8 Å². The third-order valence-electron chi connectivity index (χ3n) is 2.37. The van der Waals surface area contributed by atoms with Crippen LogP contribution in [0.3, 0.4) is 0 Å². The van der Waals surface area contributed by atoms with E-state index < -0.39 is 5.91 Å². The minimum atomic E-state index is -0.513. The van der Waals surface area contributed by atoms with E-state index in [0.29, 0.717) is 6.10 Å². The number of carbonyl (C=O) groups excluding carboxylic acids is 1. The molecule has 1 heterocycles. The van der Waals surface area contributed by atoms with E-state index in [9.17, 15) is 4.79 Å². The molecule has 2 unspecified atom stereocenters. The number of aliphatic hydroxyl groups is 1. The lowest BCUT2D eigenvalue weighted by Crippen LogP contribution is -2.11. The van der Waals surface area contributed by atoms with Crippen LogP contribution in [0.2, 0.25) is 0 Å². The second-order valence-corrected chi connectivity index (χ2v) is 3.98. The summed E-state index contributed by atoms with van der Waals surface area (Å²) in [6.07, 6.45) is 7.29. The molecule has 1 aliphatic heterocycles. The molecule has 0 aliphatic carbocycles. The molecule has 5 nitrogen and oxygen atoms in total. The van der Waals surface area contributed by atoms with Gasteiger partial charge in [-0.1, -0.05) is 6.58 Å². The summed E-state index contributed by atoms with van der Waals surface area (Å²) in [4.78, 5) is 14.0. The molecular weight excluding hydrogens is 232 g/mol. The van der Waals surface area contributed by atoms with Gasteiger partial charge in [0.05, 0.1) is 18.8 Å². The Labute approximate surface area is 108 Å². The highest BCUT2D eigenvalue weighted by atomic mass is 16.5. The molecule has 0 spiro atoms. The van der Waals surface area contributed by atoms with Crippen molar-refractivity contribution in [2.24, 2.45) is 10.7 Å². The predicted octanol–water partition coefficient (Wildman–Crippen LogP) is 0.831. The van der Waals surface area contributed by atoms with Crippen LogP contribution < -0.4 is 5.73 Å². The molecule has 1 rings (SSSR count). The van der Waals surface area contributed by atoms with Crippen molar-refractivity contribution in [3.8, 4) is 0 Å². The van der Waals surface area contributed by atoms with Crippen LogP contribution in [0.25, 0.3) is 0 Å². The van der Waals surface area contributed by atoms with Gasteiger partial charge in [0.25, 0.3) is 0 Å². The third-order valence-corrected chi connectivity index (χ3v) is 2.37. The summed E-state index contributed by atoms with van der Waals surface area (Å²) >= 11 is 0. The summed E-state index contributed by atoms with van der Waals surface area (Å²) < 4.78 is 5.26. The number of hydrogen-bond acceptors (Lipinski definition) is 4. The van der Waals surface area contributed by atoms with Crippen LogP contribution >= 0.6 is 0 Å². The average molecular weight is 254 g/mol. The van der Waals surface area contributed by atoms with E-state index in [1.807, 2.05) is 6.92 Å². The van der Waals surface area contributed by atoms with E-state index in [-0.39, 0.29) is 18.3 Å². The second kappa shape index (κ2) is 9.56. The first kappa shape index (κ1) is 16.5. The largest absolute Gasteiger partial charge is 0.394 e. The third kappa shape index (κ3) is 7.76. The highest BCUT2D eigenvalue weighted by Gasteiger charge is 2.19. The van der Waals surface area contributed by atoms with Crippen LogP contribution in [0.15, 0.2) is 29.3 Å². The number of nitrogens with two attached hydrogens (primary N) is 1. The first-order valence-corrected chi connectivity index (χ1v) is 5.85. The van der Waals surface area contributed by atoms with Crippen LogP contribution in [-0.4, -0.2) is 43.1 Å². The Kier molecular flexibility index (Phi) is 8.78. The van der Waals surface area contributed by atoms with Crippen LogP contribution in [0.1, 0.15) is 19.8 Å². The lowest BCUT2D eigenvalue weighted by Gasteiger charge is -2.05. The van der Waals surface area contributed by atoms with Gasteiger partial charge in [-0.3, -0.25) is 9.79 Å². The maximum atomic E-state index is 10.3. The Balaban J connectivity index is 0.000000327. The maximum Gasteiger partial charge on any atom is 0.248 e. The van der Waals surface area contributed by atoms with Crippen molar-refractivity contribution in [2.45, 2.75) is 32.0 Å². The van der Waals surface area contributed by atoms with E-state index in [1.54, 1.807) is 19.3 Å². The lowest BCUT2D eigenvalue weighted by atomic mass is 10.2. The summed E-state index contributed by atoms with van der Waals surface area (Å²) in [5.74, 6) is -0.513. The Bertz CT molecular complexity index is 324. The van der Waals surface area contributed by atoms with Crippen LogP contribution in [0, 0.1) is 0 Å². The van der Waals surface area contributed by atoms with Crippen molar-refractivity contribution in [2.75, 3.05) is 13.7 Å². The maximum absolute atomic E-state index is 10.3. The van der Waals surface area contributed by atoms with Crippen LogP contribution in [0.5, 0.6) is 0 Å². The summed E-state index contributed by atoms with van der Waals surface area (Å²) in [7, 11) is 1.64. The number of aliphatic imine (C=N–C) groups is 1. The quantitative estimate of drug-likeness (QED) is 0.443. The zero-order valence-corrected chi connectivity index (χ0v) is 11.0. The van der Waals surface area contributed by atoms with E-state index >= 15 is 0 Å². The number of aliphatic hydroxyl groups excluding tert-OH is 1. The fourth-order valence-corrected chi connectivity index (χ4v) is 1.35. The van der Waals surface area contributed by atoms with Crippen LogP contribution in [0.4, 0.5) is 0 Å². The van der Waals surface area contributed by atoms with Crippen molar-refractivity contribution in [1.29, 1.82) is 0 Å². The predicted molar refractivity (Wildman–Crippen MR) is 72.5 cm³/mol. The van der Waals surface area contributed by atoms with Gasteiger partial charge in [-0.25, -0.2) is 0 Å². The summed E-state index contributed by atoms with van der Waals surface area (Å²) in [5.41, 5.74) is 5.16. The monoisotopic (exact) mass is 254 g/mol.